The summed E-state index contributed by atoms with van der Waals surface area (Å²) in [6, 6.07) is 13.9. The standard InChI is InChI=1S/C24H19ClFNO6S/c1-24(2)22(28)21(31-23-17-8-6-13(25)10-20(17)33-27-23)18-12-16(7-9-19(18)32-24)34(29,30)15-5-3-4-14(26)11-15/h3-12,21-22,28H,1-2H3/t21-,22+/m1/s1. The van der Waals surface area contributed by atoms with Crippen LogP contribution in [0, 0.1) is 5.82 Å². The van der Waals surface area contributed by atoms with Crippen molar-refractivity contribution >= 4 is 32.4 Å². The monoisotopic (exact) mass is 503 g/mol. The van der Waals surface area contributed by atoms with Crippen LogP contribution in [0.25, 0.3) is 11.0 Å². The van der Waals surface area contributed by atoms with Gasteiger partial charge >= 0.3 is 0 Å². The summed E-state index contributed by atoms with van der Waals surface area (Å²) in [7, 11) is -4.05. The first-order valence-corrected chi connectivity index (χ1v) is 12.2. The van der Waals surface area contributed by atoms with E-state index in [1.165, 1.54) is 30.3 Å². The third-order valence-corrected chi connectivity index (χ3v) is 7.70. The molecule has 2 atom stereocenters. The predicted octanol–water partition coefficient (Wildman–Crippen LogP) is 5.11. The molecule has 4 aromatic rings. The van der Waals surface area contributed by atoms with Gasteiger partial charge in [0.2, 0.25) is 9.84 Å². The molecule has 0 radical (unpaired) electrons. The Balaban J connectivity index is 1.61. The van der Waals surface area contributed by atoms with Crippen LogP contribution in [0.1, 0.15) is 25.5 Å². The smallest absolute Gasteiger partial charge is 0.262 e. The highest BCUT2D eigenvalue weighted by atomic mass is 35.5. The fourth-order valence-corrected chi connectivity index (χ4v) is 5.37. The third-order valence-electron chi connectivity index (χ3n) is 5.72. The number of nitrogens with zero attached hydrogens (tertiary/aromatic N) is 1. The van der Waals surface area contributed by atoms with Crippen LogP contribution in [0.3, 0.4) is 0 Å². The highest BCUT2D eigenvalue weighted by molar-refractivity contribution is 7.91. The van der Waals surface area contributed by atoms with Crippen LogP contribution in [0.15, 0.2) is 75.0 Å². The summed E-state index contributed by atoms with van der Waals surface area (Å²) in [5, 5.41) is 16.0. The number of hydrogen-bond donors (Lipinski definition) is 1. The molecule has 0 saturated carbocycles. The number of rotatable bonds is 4. The average Bonchev–Trinajstić information content (AvgIpc) is 3.18. The Kier molecular flexibility index (Phi) is 5.31. The van der Waals surface area contributed by atoms with Gasteiger partial charge in [-0.3, -0.25) is 0 Å². The lowest BCUT2D eigenvalue weighted by molar-refractivity contribution is -0.104. The zero-order valence-electron chi connectivity index (χ0n) is 18.0. The van der Waals surface area contributed by atoms with Gasteiger partial charge in [0, 0.05) is 16.7 Å². The number of ether oxygens (including phenoxy) is 2. The molecule has 1 N–H and O–H groups in total. The maximum atomic E-state index is 13.7. The van der Waals surface area contributed by atoms with Gasteiger partial charge in [-0.25, -0.2) is 12.8 Å². The Hall–Kier alpha value is -3.14. The van der Waals surface area contributed by atoms with Crippen LogP contribution in [-0.4, -0.2) is 30.4 Å². The molecule has 10 heteroatoms. The molecule has 0 bridgehead atoms. The number of aliphatic hydroxyl groups is 1. The lowest BCUT2D eigenvalue weighted by Crippen LogP contribution is -2.50. The lowest BCUT2D eigenvalue weighted by Gasteiger charge is -2.41. The molecule has 176 valence electrons. The van der Waals surface area contributed by atoms with Crippen LogP contribution in [-0.2, 0) is 9.84 Å². The second-order valence-electron chi connectivity index (χ2n) is 8.48. The van der Waals surface area contributed by atoms with Crippen LogP contribution in [0.2, 0.25) is 5.02 Å². The van der Waals surface area contributed by atoms with Crippen molar-refractivity contribution in [3.8, 4) is 11.6 Å². The Labute approximate surface area is 199 Å². The van der Waals surface area contributed by atoms with Crippen molar-refractivity contribution in [2.75, 3.05) is 0 Å². The quantitative estimate of drug-likeness (QED) is 0.413. The summed E-state index contributed by atoms with van der Waals surface area (Å²) >= 11 is 6.00. The lowest BCUT2D eigenvalue weighted by atomic mass is 9.88. The molecule has 5 rings (SSSR count). The number of halogens is 2. The molecule has 3 aromatic carbocycles. The first-order valence-electron chi connectivity index (χ1n) is 10.3. The van der Waals surface area contributed by atoms with E-state index in [2.05, 4.69) is 5.16 Å². The molecule has 0 unspecified atom stereocenters. The largest absolute Gasteiger partial charge is 0.485 e. The fraction of sp³-hybridized carbons (Fsp3) is 0.208. The zero-order chi connectivity index (χ0) is 24.3. The van der Waals surface area contributed by atoms with Crippen LogP contribution < -0.4 is 9.47 Å². The average molecular weight is 504 g/mol. The van der Waals surface area contributed by atoms with Crippen LogP contribution in [0.5, 0.6) is 11.6 Å². The van der Waals surface area contributed by atoms with E-state index in [1.807, 2.05) is 0 Å². The Bertz CT molecular complexity index is 1520. The summed E-state index contributed by atoms with van der Waals surface area (Å²) in [6.07, 6.45) is -2.23. The van der Waals surface area contributed by atoms with Gasteiger partial charge in [-0.1, -0.05) is 17.7 Å². The molecule has 1 aliphatic rings. The fourth-order valence-electron chi connectivity index (χ4n) is 3.88. The van der Waals surface area contributed by atoms with Crippen molar-refractivity contribution in [3.05, 3.63) is 77.1 Å². The van der Waals surface area contributed by atoms with E-state index in [-0.39, 0.29) is 15.7 Å². The molecule has 1 aromatic heterocycles. The molecular formula is C24H19ClFNO6S. The van der Waals surface area contributed by atoms with E-state index in [1.54, 1.807) is 32.0 Å². The molecule has 34 heavy (non-hydrogen) atoms. The number of fused-ring (bicyclic) bond motifs is 2. The minimum atomic E-state index is -4.05. The molecule has 0 saturated heterocycles. The highest BCUT2D eigenvalue weighted by Gasteiger charge is 2.45. The highest BCUT2D eigenvalue weighted by Crippen LogP contribution is 2.44. The summed E-state index contributed by atoms with van der Waals surface area (Å²) in [6.45, 7) is 3.38. The van der Waals surface area contributed by atoms with E-state index in [9.17, 15) is 17.9 Å². The molecule has 2 heterocycles. The molecule has 0 aliphatic carbocycles. The van der Waals surface area contributed by atoms with Crippen molar-refractivity contribution in [2.24, 2.45) is 0 Å². The Morgan fingerprint density at radius 2 is 1.85 bits per heavy atom. The van der Waals surface area contributed by atoms with Gasteiger partial charge in [0.15, 0.2) is 11.7 Å². The van der Waals surface area contributed by atoms with Crippen LogP contribution >= 0.6 is 11.6 Å². The minimum absolute atomic E-state index is 0.0993. The molecule has 0 fully saturated rings. The van der Waals surface area contributed by atoms with Crippen molar-refractivity contribution < 1.29 is 31.9 Å². The van der Waals surface area contributed by atoms with Gasteiger partial charge in [0.05, 0.1) is 15.2 Å². The van der Waals surface area contributed by atoms with Crippen molar-refractivity contribution in [1.82, 2.24) is 5.16 Å². The third kappa shape index (κ3) is 3.79. The SMILES string of the molecule is CC1(C)Oc2ccc(S(=O)(=O)c3cccc(F)c3)cc2[C@@H](Oc2noc3cc(Cl)ccc23)[C@@H]1O. The number of aliphatic hydroxyl groups excluding tert-OH is 1. The second-order valence-corrected chi connectivity index (χ2v) is 10.9. The van der Waals surface area contributed by atoms with Gasteiger partial charge in [-0.2, -0.15) is 0 Å². The molecule has 7 nitrogen and oxygen atoms in total. The molecule has 0 amide bonds. The zero-order valence-corrected chi connectivity index (χ0v) is 19.6. The summed E-state index contributed by atoms with van der Waals surface area (Å²) in [4.78, 5) is -0.292. The van der Waals surface area contributed by atoms with E-state index < -0.39 is 33.5 Å². The van der Waals surface area contributed by atoms with Crippen molar-refractivity contribution in [3.63, 3.8) is 0 Å². The maximum absolute atomic E-state index is 13.7. The van der Waals surface area contributed by atoms with Gasteiger partial charge in [-0.15, -0.1) is 0 Å². The van der Waals surface area contributed by atoms with Gasteiger partial charge in [0.1, 0.15) is 23.3 Å². The van der Waals surface area contributed by atoms with E-state index in [0.29, 0.717) is 27.3 Å². The molecular weight excluding hydrogens is 485 g/mol. The summed E-state index contributed by atoms with van der Waals surface area (Å²) < 4.78 is 57.3. The first kappa shape index (κ1) is 22.6. The summed E-state index contributed by atoms with van der Waals surface area (Å²) in [5.74, 6) is -0.217. The van der Waals surface area contributed by atoms with Gasteiger partial charge in [0.25, 0.3) is 5.88 Å². The first-order chi connectivity index (χ1) is 16.1. The van der Waals surface area contributed by atoms with Gasteiger partial charge in [-0.05, 0) is 67.5 Å². The van der Waals surface area contributed by atoms with Crippen molar-refractivity contribution in [1.29, 1.82) is 0 Å². The Morgan fingerprint density at radius 3 is 2.62 bits per heavy atom. The number of sulfone groups is 1. The minimum Gasteiger partial charge on any atom is -0.485 e. The van der Waals surface area contributed by atoms with Gasteiger partial charge < -0.3 is 19.1 Å². The number of aromatic nitrogens is 1. The number of benzene rings is 3. The molecule has 1 aliphatic heterocycles. The number of hydrogen-bond acceptors (Lipinski definition) is 7. The summed E-state index contributed by atoms with van der Waals surface area (Å²) in [5.41, 5.74) is -0.357. The topological polar surface area (TPSA) is 98.9 Å². The Morgan fingerprint density at radius 1 is 1.09 bits per heavy atom. The molecule has 0 spiro atoms. The van der Waals surface area contributed by atoms with E-state index in [0.717, 1.165) is 12.1 Å². The normalized spacial score (nSPS) is 19.4. The predicted molar refractivity (Wildman–Crippen MR) is 121 cm³/mol. The maximum Gasteiger partial charge on any atom is 0.262 e. The van der Waals surface area contributed by atoms with Crippen LogP contribution in [0.4, 0.5) is 4.39 Å². The second kappa shape index (κ2) is 7.97. The van der Waals surface area contributed by atoms with E-state index in [4.69, 9.17) is 25.6 Å². The van der Waals surface area contributed by atoms with Crippen molar-refractivity contribution in [2.45, 2.75) is 41.4 Å². The van der Waals surface area contributed by atoms with E-state index >= 15 is 0 Å².